The van der Waals surface area contributed by atoms with Gasteiger partial charge in [0.1, 0.15) is 6.61 Å². The van der Waals surface area contributed by atoms with E-state index in [9.17, 15) is 4.79 Å². The van der Waals surface area contributed by atoms with Crippen LogP contribution in [0, 0.1) is 0 Å². The molecule has 1 aliphatic rings. The average Bonchev–Trinajstić information content (AvgIpc) is 3.30. The molecule has 7 heteroatoms. The number of nitrogens with one attached hydrogen (secondary N) is 1. The van der Waals surface area contributed by atoms with Crippen molar-refractivity contribution < 1.29 is 9.53 Å². The fourth-order valence-electron chi connectivity index (χ4n) is 2.93. The summed E-state index contributed by atoms with van der Waals surface area (Å²) in [5, 5.41) is 7.50. The molecule has 24 heavy (non-hydrogen) atoms. The summed E-state index contributed by atoms with van der Waals surface area (Å²) in [7, 11) is 0. The number of carbonyl (C=O) groups is 1. The molecule has 1 fully saturated rings. The number of aromatic nitrogens is 2. The fourth-order valence-corrected chi connectivity index (χ4v) is 4.02. The highest BCUT2D eigenvalue weighted by Gasteiger charge is 2.32. The van der Waals surface area contributed by atoms with Gasteiger partial charge in [0, 0.05) is 17.1 Å². The van der Waals surface area contributed by atoms with Gasteiger partial charge in [-0.25, -0.2) is 4.79 Å². The van der Waals surface area contributed by atoms with E-state index in [0.29, 0.717) is 6.54 Å². The minimum Gasteiger partial charge on any atom is -0.445 e. The van der Waals surface area contributed by atoms with E-state index in [1.807, 2.05) is 6.07 Å². The number of aryl methyl sites for hydroxylation is 2. The lowest BCUT2D eigenvalue weighted by Gasteiger charge is -2.22. The number of likely N-dealkylation sites (tertiary alicyclic amines) is 1. The predicted molar refractivity (Wildman–Crippen MR) is 95.6 cm³/mol. The van der Waals surface area contributed by atoms with Crippen molar-refractivity contribution >= 4 is 29.0 Å². The summed E-state index contributed by atoms with van der Waals surface area (Å²) in [5.41, 5.74) is 1.98. The highest BCUT2D eigenvalue weighted by Crippen LogP contribution is 2.32. The van der Waals surface area contributed by atoms with E-state index in [0.717, 1.165) is 41.4 Å². The minimum atomic E-state index is -0.296. The van der Waals surface area contributed by atoms with Gasteiger partial charge >= 0.3 is 6.09 Å². The van der Waals surface area contributed by atoms with Gasteiger partial charge in [-0.15, -0.1) is 11.3 Å². The average molecular weight is 366 g/mol. The van der Waals surface area contributed by atoms with Crippen LogP contribution in [0.5, 0.6) is 0 Å². The van der Waals surface area contributed by atoms with Gasteiger partial charge in [-0.05, 0) is 43.9 Å². The highest BCUT2D eigenvalue weighted by atomic mass is 35.5. The monoisotopic (exact) mass is 365 g/mol. The molecule has 1 unspecified atom stereocenters. The number of halogens is 1. The number of hydrogen-bond donors (Lipinski definition) is 1. The molecule has 0 radical (unpaired) electrons. The molecule has 1 N–H and O–H groups in total. The van der Waals surface area contributed by atoms with Gasteiger partial charge in [0.15, 0.2) is 0 Å². The Hall–Kier alpha value is -1.79. The Balaban J connectivity index is 1.61. The van der Waals surface area contributed by atoms with Gasteiger partial charge < -0.3 is 4.74 Å². The van der Waals surface area contributed by atoms with Crippen molar-refractivity contribution in [2.45, 2.75) is 31.7 Å². The Morgan fingerprint density at radius 2 is 2.42 bits per heavy atom. The normalized spacial score (nSPS) is 17.2. The van der Waals surface area contributed by atoms with Crippen LogP contribution in [-0.2, 0) is 17.6 Å². The number of nitrogens with zero attached hydrogens (tertiary/aromatic N) is 2. The quantitative estimate of drug-likeness (QED) is 0.773. The highest BCUT2D eigenvalue weighted by molar-refractivity contribution is 7.16. The van der Waals surface area contributed by atoms with Gasteiger partial charge in [-0.1, -0.05) is 24.3 Å². The first kappa shape index (κ1) is 17.0. The second-order valence-electron chi connectivity index (χ2n) is 5.74. The van der Waals surface area contributed by atoms with Crippen molar-refractivity contribution in [3.05, 3.63) is 51.5 Å². The molecule has 128 valence electrons. The Morgan fingerprint density at radius 3 is 3.17 bits per heavy atom. The smallest absolute Gasteiger partial charge is 0.410 e. The SMILES string of the molecule is C=CCOC(=O)N1CCCC1c1cc(CCc2ccc(Cl)s2)[nH]n1. The molecule has 3 rings (SSSR count). The van der Waals surface area contributed by atoms with Crippen LogP contribution in [-0.4, -0.2) is 34.3 Å². The van der Waals surface area contributed by atoms with Gasteiger partial charge in [0.05, 0.1) is 16.1 Å². The molecular formula is C17H20ClN3O2S. The standard InChI is InChI=1S/C17H20ClN3O2S/c1-2-10-23-17(22)21-9-3-4-15(21)14-11-12(19-20-14)5-6-13-7-8-16(18)24-13/h2,7-8,11,15H,1,3-6,9-10H2,(H,19,20). The van der Waals surface area contributed by atoms with Crippen LogP contribution < -0.4 is 0 Å². The number of rotatable bonds is 6. The molecule has 0 aromatic carbocycles. The van der Waals surface area contributed by atoms with Crippen molar-refractivity contribution in [3.8, 4) is 0 Å². The molecule has 2 aromatic rings. The van der Waals surface area contributed by atoms with E-state index in [1.165, 1.54) is 4.88 Å². The Morgan fingerprint density at radius 1 is 1.54 bits per heavy atom. The van der Waals surface area contributed by atoms with Gasteiger partial charge in [0.2, 0.25) is 0 Å². The van der Waals surface area contributed by atoms with Crippen LogP contribution in [0.4, 0.5) is 4.79 Å². The van der Waals surface area contributed by atoms with Crippen molar-refractivity contribution in [2.75, 3.05) is 13.2 Å². The molecule has 1 saturated heterocycles. The van der Waals surface area contributed by atoms with E-state index >= 15 is 0 Å². The first-order valence-corrected chi connectivity index (χ1v) is 9.19. The number of ether oxygens (including phenoxy) is 1. The van der Waals surface area contributed by atoms with Crippen LogP contribution in [0.2, 0.25) is 4.34 Å². The zero-order valence-electron chi connectivity index (χ0n) is 13.3. The van der Waals surface area contributed by atoms with E-state index in [1.54, 1.807) is 22.3 Å². The number of carbonyl (C=O) groups excluding carboxylic acids is 1. The van der Waals surface area contributed by atoms with Crippen molar-refractivity contribution in [1.82, 2.24) is 15.1 Å². The molecule has 1 atom stereocenters. The summed E-state index contributed by atoms with van der Waals surface area (Å²) in [6.07, 6.45) is 4.95. The first-order valence-electron chi connectivity index (χ1n) is 8.00. The molecule has 0 spiro atoms. The number of aromatic amines is 1. The van der Waals surface area contributed by atoms with Crippen LogP contribution in [0.15, 0.2) is 30.9 Å². The maximum absolute atomic E-state index is 12.1. The Labute approximate surface area is 150 Å². The van der Waals surface area contributed by atoms with Crippen molar-refractivity contribution in [1.29, 1.82) is 0 Å². The van der Waals surface area contributed by atoms with E-state index in [4.69, 9.17) is 16.3 Å². The maximum Gasteiger partial charge on any atom is 0.410 e. The zero-order chi connectivity index (χ0) is 16.9. The Kier molecular flexibility index (Phi) is 5.58. The van der Waals surface area contributed by atoms with Crippen LogP contribution in [0.1, 0.15) is 35.1 Å². The topological polar surface area (TPSA) is 58.2 Å². The third kappa shape index (κ3) is 3.99. The van der Waals surface area contributed by atoms with Crippen molar-refractivity contribution in [2.24, 2.45) is 0 Å². The van der Waals surface area contributed by atoms with Crippen molar-refractivity contribution in [3.63, 3.8) is 0 Å². The van der Waals surface area contributed by atoms with Crippen LogP contribution in [0.3, 0.4) is 0 Å². The molecule has 0 aliphatic carbocycles. The van der Waals surface area contributed by atoms with Gasteiger partial charge in [0.25, 0.3) is 0 Å². The lowest BCUT2D eigenvalue weighted by atomic mass is 10.1. The summed E-state index contributed by atoms with van der Waals surface area (Å²) in [5.74, 6) is 0. The summed E-state index contributed by atoms with van der Waals surface area (Å²) < 4.78 is 5.98. The molecule has 0 saturated carbocycles. The predicted octanol–water partition coefficient (Wildman–Crippen LogP) is 4.37. The zero-order valence-corrected chi connectivity index (χ0v) is 14.9. The third-order valence-corrected chi connectivity index (χ3v) is 5.36. The molecule has 5 nitrogen and oxygen atoms in total. The number of H-pyrrole nitrogens is 1. The van der Waals surface area contributed by atoms with Gasteiger partial charge in [-0.2, -0.15) is 5.10 Å². The lowest BCUT2D eigenvalue weighted by Crippen LogP contribution is -2.31. The third-order valence-electron chi connectivity index (χ3n) is 4.07. The van der Waals surface area contributed by atoms with E-state index in [-0.39, 0.29) is 18.7 Å². The minimum absolute atomic E-state index is 0.0107. The molecule has 2 aromatic heterocycles. The number of thiophene rings is 1. The molecule has 0 bridgehead atoms. The molecule has 1 amide bonds. The van der Waals surface area contributed by atoms with E-state index < -0.39 is 0 Å². The fraction of sp³-hybridized carbons (Fsp3) is 0.412. The maximum atomic E-state index is 12.1. The number of amides is 1. The summed E-state index contributed by atoms with van der Waals surface area (Å²) in [6.45, 7) is 4.50. The van der Waals surface area contributed by atoms with Gasteiger partial charge in [-0.3, -0.25) is 10.00 Å². The largest absolute Gasteiger partial charge is 0.445 e. The summed E-state index contributed by atoms with van der Waals surface area (Å²) in [6, 6.07) is 6.02. The summed E-state index contributed by atoms with van der Waals surface area (Å²) >= 11 is 7.56. The number of hydrogen-bond acceptors (Lipinski definition) is 4. The summed E-state index contributed by atoms with van der Waals surface area (Å²) in [4.78, 5) is 15.1. The van der Waals surface area contributed by atoms with Crippen LogP contribution >= 0.6 is 22.9 Å². The lowest BCUT2D eigenvalue weighted by molar-refractivity contribution is 0.107. The second-order valence-corrected chi connectivity index (χ2v) is 7.54. The second kappa shape index (κ2) is 7.85. The molecular weight excluding hydrogens is 346 g/mol. The van der Waals surface area contributed by atoms with Crippen LogP contribution in [0.25, 0.3) is 0 Å². The molecule has 1 aliphatic heterocycles. The Bertz CT molecular complexity index is 712. The first-order chi connectivity index (χ1) is 11.7. The molecule has 3 heterocycles. The van der Waals surface area contributed by atoms with E-state index in [2.05, 4.69) is 28.9 Å².